The van der Waals surface area contributed by atoms with Crippen molar-refractivity contribution in [2.45, 2.75) is 38.7 Å². The number of hydrogen-bond acceptors (Lipinski definition) is 3. The molecule has 1 aromatic rings. The molecule has 0 fully saturated rings. The molecule has 0 bridgehead atoms. The van der Waals surface area contributed by atoms with E-state index < -0.39 is 10.0 Å². The number of sulfonamides is 1. The van der Waals surface area contributed by atoms with Crippen LogP contribution in [0.4, 0.5) is 0 Å². The third-order valence-electron chi connectivity index (χ3n) is 2.47. The standard InChI is InChI=1S/C13H21NO3S/c1-10(2)17-8-7-14-18(15,16)13-6-5-11(3)9-12(13)4/h5-6,9-10,14H,7-8H2,1-4H3. The highest BCUT2D eigenvalue weighted by molar-refractivity contribution is 7.89. The second kappa shape index (κ2) is 6.31. The first kappa shape index (κ1) is 15.1. The molecule has 0 aliphatic rings. The number of rotatable bonds is 6. The summed E-state index contributed by atoms with van der Waals surface area (Å²) in [5.74, 6) is 0. The van der Waals surface area contributed by atoms with E-state index in [0.717, 1.165) is 11.1 Å². The molecule has 5 heteroatoms. The summed E-state index contributed by atoms with van der Waals surface area (Å²) in [6, 6.07) is 5.29. The van der Waals surface area contributed by atoms with Crippen molar-refractivity contribution >= 4 is 10.0 Å². The molecule has 1 rings (SSSR count). The molecule has 102 valence electrons. The molecule has 0 aliphatic carbocycles. The van der Waals surface area contributed by atoms with Gasteiger partial charge in [0.1, 0.15) is 0 Å². The van der Waals surface area contributed by atoms with Gasteiger partial charge in [-0.05, 0) is 39.3 Å². The first-order valence-electron chi connectivity index (χ1n) is 6.01. The van der Waals surface area contributed by atoms with Gasteiger partial charge < -0.3 is 4.74 Å². The maximum absolute atomic E-state index is 12.0. The summed E-state index contributed by atoms with van der Waals surface area (Å²) >= 11 is 0. The fraction of sp³-hybridized carbons (Fsp3) is 0.538. The average Bonchev–Trinajstić information content (AvgIpc) is 2.23. The Balaban J connectivity index is 2.69. The van der Waals surface area contributed by atoms with Gasteiger partial charge in [-0.3, -0.25) is 0 Å². The van der Waals surface area contributed by atoms with Gasteiger partial charge in [-0.15, -0.1) is 0 Å². The average molecular weight is 271 g/mol. The predicted octanol–water partition coefficient (Wildman–Crippen LogP) is 2.01. The quantitative estimate of drug-likeness (QED) is 0.805. The molecule has 0 radical (unpaired) electrons. The lowest BCUT2D eigenvalue weighted by Crippen LogP contribution is -2.28. The zero-order valence-electron chi connectivity index (χ0n) is 11.4. The number of aryl methyl sites for hydroxylation is 2. The Hall–Kier alpha value is -0.910. The monoisotopic (exact) mass is 271 g/mol. The Bertz CT molecular complexity index is 495. The van der Waals surface area contributed by atoms with Gasteiger partial charge >= 0.3 is 0 Å². The van der Waals surface area contributed by atoms with Crippen molar-refractivity contribution in [3.8, 4) is 0 Å². The van der Waals surface area contributed by atoms with Gasteiger partial charge in [0, 0.05) is 6.54 Å². The lowest BCUT2D eigenvalue weighted by molar-refractivity contribution is 0.0834. The van der Waals surface area contributed by atoms with E-state index in [2.05, 4.69) is 4.72 Å². The van der Waals surface area contributed by atoms with E-state index in [-0.39, 0.29) is 12.6 Å². The van der Waals surface area contributed by atoms with Gasteiger partial charge in [0.25, 0.3) is 0 Å². The van der Waals surface area contributed by atoms with E-state index in [1.54, 1.807) is 19.1 Å². The summed E-state index contributed by atoms with van der Waals surface area (Å²) in [4.78, 5) is 0.331. The van der Waals surface area contributed by atoms with Crippen LogP contribution in [-0.4, -0.2) is 27.7 Å². The first-order chi connectivity index (χ1) is 8.33. The third kappa shape index (κ3) is 4.40. The molecule has 0 atom stereocenters. The van der Waals surface area contributed by atoms with Gasteiger partial charge in [0.15, 0.2) is 0 Å². The molecule has 0 heterocycles. The molecule has 0 amide bonds. The van der Waals surface area contributed by atoms with E-state index in [1.807, 2.05) is 26.8 Å². The maximum atomic E-state index is 12.0. The molecule has 0 aromatic heterocycles. The van der Waals surface area contributed by atoms with E-state index >= 15 is 0 Å². The first-order valence-corrected chi connectivity index (χ1v) is 7.50. The van der Waals surface area contributed by atoms with Crippen LogP contribution in [0.25, 0.3) is 0 Å². The van der Waals surface area contributed by atoms with Gasteiger partial charge in [0.2, 0.25) is 10.0 Å². The molecule has 0 saturated carbocycles. The van der Waals surface area contributed by atoms with Crippen molar-refractivity contribution in [2.75, 3.05) is 13.2 Å². The summed E-state index contributed by atoms with van der Waals surface area (Å²) in [7, 11) is -3.44. The molecule has 0 aliphatic heterocycles. The van der Waals surface area contributed by atoms with Crippen LogP contribution in [0, 0.1) is 13.8 Å². The largest absolute Gasteiger partial charge is 0.377 e. The zero-order chi connectivity index (χ0) is 13.8. The SMILES string of the molecule is Cc1ccc(S(=O)(=O)NCCOC(C)C)c(C)c1. The van der Waals surface area contributed by atoms with Crippen LogP contribution in [0.1, 0.15) is 25.0 Å². The summed E-state index contributed by atoms with van der Waals surface area (Å²) in [5, 5.41) is 0. The number of benzene rings is 1. The molecule has 1 aromatic carbocycles. The summed E-state index contributed by atoms with van der Waals surface area (Å²) < 4.78 is 31.9. The summed E-state index contributed by atoms with van der Waals surface area (Å²) in [5.41, 5.74) is 1.81. The van der Waals surface area contributed by atoms with Crippen molar-refractivity contribution in [1.82, 2.24) is 4.72 Å². The van der Waals surface area contributed by atoms with Crippen LogP contribution < -0.4 is 4.72 Å². The number of hydrogen-bond donors (Lipinski definition) is 1. The Morgan fingerprint density at radius 3 is 2.50 bits per heavy atom. The van der Waals surface area contributed by atoms with Gasteiger partial charge in [-0.25, -0.2) is 13.1 Å². The van der Waals surface area contributed by atoms with Crippen molar-refractivity contribution in [1.29, 1.82) is 0 Å². The van der Waals surface area contributed by atoms with E-state index in [0.29, 0.717) is 11.5 Å². The topological polar surface area (TPSA) is 55.4 Å². The zero-order valence-corrected chi connectivity index (χ0v) is 12.2. The fourth-order valence-electron chi connectivity index (χ4n) is 1.65. The summed E-state index contributed by atoms with van der Waals surface area (Å²) in [6.07, 6.45) is 0.107. The highest BCUT2D eigenvalue weighted by Gasteiger charge is 2.15. The number of ether oxygens (including phenoxy) is 1. The van der Waals surface area contributed by atoms with Crippen LogP contribution in [0.2, 0.25) is 0 Å². The van der Waals surface area contributed by atoms with Crippen LogP contribution >= 0.6 is 0 Å². The summed E-state index contributed by atoms with van der Waals surface area (Å²) in [6.45, 7) is 8.23. The van der Waals surface area contributed by atoms with Crippen molar-refractivity contribution in [2.24, 2.45) is 0 Å². The minimum absolute atomic E-state index is 0.107. The van der Waals surface area contributed by atoms with Crippen LogP contribution in [-0.2, 0) is 14.8 Å². The molecule has 1 N–H and O–H groups in total. The molecule has 0 unspecified atom stereocenters. The van der Waals surface area contributed by atoms with Crippen LogP contribution in [0.3, 0.4) is 0 Å². The smallest absolute Gasteiger partial charge is 0.240 e. The second-order valence-electron chi connectivity index (χ2n) is 4.59. The van der Waals surface area contributed by atoms with Gasteiger partial charge in [0.05, 0.1) is 17.6 Å². The van der Waals surface area contributed by atoms with Crippen molar-refractivity contribution in [3.05, 3.63) is 29.3 Å². The highest BCUT2D eigenvalue weighted by Crippen LogP contribution is 2.15. The second-order valence-corrected chi connectivity index (χ2v) is 6.32. The predicted molar refractivity (Wildman–Crippen MR) is 72.2 cm³/mol. The molecule has 4 nitrogen and oxygen atoms in total. The Morgan fingerprint density at radius 2 is 1.94 bits per heavy atom. The van der Waals surface area contributed by atoms with Crippen LogP contribution in [0.15, 0.2) is 23.1 Å². The fourth-order valence-corrected chi connectivity index (χ4v) is 2.89. The van der Waals surface area contributed by atoms with Gasteiger partial charge in [-0.2, -0.15) is 0 Å². The molecular formula is C13H21NO3S. The molecular weight excluding hydrogens is 250 g/mol. The normalized spacial score (nSPS) is 12.1. The molecule has 18 heavy (non-hydrogen) atoms. The minimum Gasteiger partial charge on any atom is -0.377 e. The lowest BCUT2D eigenvalue weighted by Gasteiger charge is -2.11. The highest BCUT2D eigenvalue weighted by atomic mass is 32.2. The Morgan fingerprint density at radius 1 is 1.28 bits per heavy atom. The molecule has 0 spiro atoms. The minimum atomic E-state index is -3.44. The lowest BCUT2D eigenvalue weighted by atomic mass is 10.2. The Kier molecular flexibility index (Phi) is 5.31. The van der Waals surface area contributed by atoms with Crippen molar-refractivity contribution in [3.63, 3.8) is 0 Å². The van der Waals surface area contributed by atoms with E-state index in [4.69, 9.17) is 4.74 Å². The number of nitrogens with one attached hydrogen (secondary N) is 1. The van der Waals surface area contributed by atoms with E-state index in [9.17, 15) is 8.42 Å². The Labute approximate surface area is 109 Å². The van der Waals surface area contributed by atoms with Crippen LogP contribution in [0.5, 0.6) is 0 Å². The maximum Gasteiger partial charge on any atom is 0.240 e. The third-order valence-corrected chi connectivity index (χ3v) is 4.09. The van der Waals surface area contributed by atoms with Gasteiger partial charge in [-0.1, -0.05) is 17.7 Å². The van der Waals surface area contributed by atoms with E-state index in [1.165, 1.54) is 0 Å². The molecule has 0 saturated heterocycles. The van der Waals surface area contributed by atoms with Crippen molar-refractivity contribution < 1.29 is 13.2 Å².